The van der Waals surface area contributed by atoms with Gasteiger partial charge in [0.1, 0.15) is 5.75 Å². The van der Waals surface area contributed by atoms with E-state index in [4.69, 9.17) is 9.84 Å². The van der Waals surface area contributed by atoms with E-state index in [-0.39, 0.29) is 24.3 Å². The molecule has 0 spiro atoms. The van der Waals surface area contributed by atoms with Gasteiger partial charge in [-0.1, -0.05) is 45.0 Å². The zero-order valence-electron chi connectivity index (χ0n) is 14.7. The van der Waals surface area contributed by atoms with Gasteiger partial charge in [0.05, 0.1) is 6.42 Å². The Morgan fingerprint density at radius 2 is 1.76 bits per heavy atom. The monoisotopic (exact) mass is 341 g/mol. The Morgan fingerprint density at radius 1 is 1.08 bits per heavy atom. The normalized spacial score (nSPS) is 11.0. The molecule has 132 valence electrons. The molecule has 1 amide bonds. The van der Waals surface area contributed by atoms with Gasteiger partial charge in [-0.15, -0.1) is 0 Å². The molecular formula is C20H23NO4. The van der Waals surface area contributed by atoms with Gasteiger partial charge in [0.25, 0.3) is 5.91 Å². The Kier molecular flexibility index (Phi) is 5.80. The predicted octanol–water partition coefficient (Wildman–Crippen LogP) is 3.63. The summed E-state index contributed by atoms with van der Waals surface area (Å²) in [6.45, 7) is 6.29. The summed E-state index contributed by atoms with van der Waals surface area (Å²) in [5, 5.41) is 11.5. The fourth-order valence-electron chi connectivity index (χ4n) is 2.33. The summed E-state index contributed by atoms with van der Waals surface area (Å²) in [4.78, 5) is 22.7. The maximum Gasteiger partial charge on any atom is 0.307 e. The molecule has 2 N–H and O–H groups in total. The first-order valence-corrected chi connectivity index (χ1v) is 8.08. The number of rotatable bonds is 6. The number of nitrogens with one attached hydrogen (secondary N) is 1. The van der Waals surface area contributed by atoms with Crippen molar-refractivity contribution in [3.8, 4) is 5.75 Å². The van der Waals surface area contributed by atoms with E-state index >= 15 is 0 Å². The summed E-state index contributed by atoms with van der Waals surface area (Å²) in [5.74, 6) is -0.583. The molecule has 0 heterocycles. The number of hydrogen-bond donors (Lipinski definition) is 2. The lowest BCUT2D eigenvalue weighted by molar-refractivity contribution is -0.136. The smallest absolute Gasteiger partial charge is 0.307 e. The predicted molar refractivity (Wildman–Crippen MR) is 97.0 cm³/mol. The molecule has 2 rings (SSSR count). The molecule has 0 aliphatic rings. The van der Waals surface area contributed by atoms with Crippen LogP contribution in [-0.2, 0) is 21.4 Å². The van der Waals surface area contributed by atoms with Crippen LogP contribution in [0, 0.1) is 0 Å². The van der Waals surface area contributed by atoms with Gasteiger partial charge < -0.3 is 15.2 Å². The zero-order valence-corrected chi connectivity index (χ0v) is 14.7. The standard InChI is InChI=1S/C20H23NO4/c1-20(2,3)15-7-9-17(10-8-15)25-13-18(22)21-16-6-4-5-14(11-16)12-19(23)24/h4-11H,12-13H2,1-3H3,(H,21,22)(H,23,24). The largest absolute Gasteiger partial charge is 0.484 e. The summed E-state index contributed by atoms with van der Waals surface area (Å²) < 4.78 is 5.50. The van der Waals surface area contributed by atoms with Crippen LogP contribution in [-0.4, -0.2) is 23.6 Å². The average molecular weight is 341 g/mol. The number of hydrogen-bond acceptors (Lipinski definition) is 3. The fourth-order valence-corrected chi connectivity index (χ4v) is 2.33. The maximum atomic E-state index is 12.0. The van der Waals surface area contributed by atoms with Crippen LogP contribution in [0.3, 0.4) is 0 Å². The van der Waals surface area contributed by atoms with Gasteiger partial charge in [-0.3, -0.25) is 9.59 Å². The summed E-state index contributed by atoms with van der Waals surface area (Å²) in [6.07, 6.45) is -0.0830. The molecule has 0 aliphatic heterocycles. The topological polar surface area (TPSA) is 75.6 Å². The highest BCUT2D eigenvalue weighted by molar-refractivity contribution is 5.92. The van der Waals surface area contributed by atoms with Crippen LogP contribution in [0.15, 0.2) is 48.5 Å². The minimum Gasteiger partial charge on any atom is -0.484 e. The van der Waals surface area contributed by atoms with Crippen molar-refractivity contribution in [1.82, 2.24) is 0 Å². The highest BCUT2D eigenvalue weighted by Crippen LogP contribution is 2.24. The number of anilines is 1. The summed E-state index contributed by atoms with van der Waals surface area (Å²) in [7, 11) is 0. The average Bonchev–Trinajstić information content (AvgIpc) is 2.52. The summed E-state index contributed by atoms with van der Waals surface area (Å²) in [6, 6.07) is 14.4. The van der Waals surface area contributed by atoms with Crippen LogP contribution in [0.2, 0.25) is 0 Å². The summed E-state index contributed by atoms with van der Waals surface area (Å²) in [5.41, 5.74) is 2.44. The summed E-state index contributed by atoms with van der Waals surface area (Å²) >= 11 is 0. The fraction of sp³-hybridized carbons (Fsp3) is 0.300. The van der Waals surface area contributed by atoms with Crippen molar-refractivity contribution >= 4 is 17.6 Å². The first-order valence-electron chi connectivity index (χ1n) is 8.08. The molecule has 5 heteroatoms. The first-order chi connectivity index (χ1) is 11.7. The molecule has 5 nitrogen and oxygen atoms in total. The molecule has 2 aromatic rings. The number of carboxylic acids is 1. The van der Waals surface area contributed by atoms with Crippen LogP contribution >= 0.6 is 0 Å². The van der Waals surface area contributed by atoms with Gasteiger partial charge in [-0.25, -0.2) is 0 Å². The Morgan fingerprint density at radius 3 is 2.36 bits per heavy atom. The van der Waals surface area contributed by atoms with Gasteiger partial charge in [0, 0.05) is 5.69 Å². The molecular weight excluding hydrogens is 318 g/mol. The van der Waals surface area contributed by atoms with Crippen LogP contribution in [0.5, 0.6) is 5.75 Å². The first kappa shape index (κ1) is 18.5. The van der Waals surface area contributed by atoms with E-state index in [9.17, 15) is 9.59 Å². The van der Waals surface area contributed by atoms with E-state index in [2.05, 4.69) is 26.1 Å². The molecule has 0 aromatic heterocycles. The Hall–Kier alpha value is -2.82. The molecule has 0 saturated carbocycles. The molecule has 2 aromatic carbocycles. The van der Waals surface area contributed by atoms with E-state index in [0.717, 1.165) is 0 Å². The van der Waals surface area contributed by atoms with Crippen molar-refractivity contribution in [2.75, 3.05) is 11.9 Å². The van der Waals surface area contributed by atoms with E-state index in [1.165, 1.54) is 5.56 Å². The number of amides is 1. The number of carboxylic acid groups (broad SMARTS) is 1. The van der Waals surface area contributed by atoms with Gasteiger partial charge >= 0.3 is 5.97 Å². The zero-order chi connectivity index (χ0) is 18.4. The third-order valence-electron chi connectivity index (χ3n) is 3.66. The van der Waals surface area contributed by atoms with Crippen molar-refractivity contribution in [2.45, 2.75) is 32.6 Å². The molecule has 0 unspecified atom stereocenters. The third-order valence-corrected chi connectivity index (χ3v) is 3.66. The van der Waals surface area contributed by atoms with Gasteiger partial charge in [0.15, 0.2) is 6.61 Å². The molecule has 0 fully saturated rings. The SMILES string of the molecule is CC(C)(C)c1ccc(OCC(=O)Nc2cccc(CC(=O)O)c2)cc1. The molecule has 0 aliphatic carbocycles. The molecule has 25 heavy (non-hydrogen) atoms. The Labute approximate surface area is 147 Å². The number of ether oxygens (including phenoxy) is 1. The van der Waals surface area contributed by atoms with Crippen molar-refractivity contribution < 1.29 is 19.4 Å². The number of carbonyl (C=O) groups is 2. The van der Waals surface area contributed by atoms with E-state index < -0.39 is 5.97 Å². The van der Waals surface area contributed by atoms with Crippen molar-refractivity contribution in [3.63, 3.8) is 0 Å². The van der Waals surface area contributed by atoms with E-state index in [1.807, 2.05) is 24.3 Å². The lowest BCUT2D eigenvalue weighted by Crippen LogP contribution is -2.20. The lowest BCUT2D eigenvalue weighted by Gasteiger charge is -2.19. The minimum absolute atomic E-state index is 0.0663. The maximum absolute atomic E-state index is 12.0. The number of carbonyl (C=O) groups excluding carboxylic acids is 1. The molecule has 0 bridgehead atoms. The van der Waals surface area contributed by atoms with E-state index in [1.54, 1.807) is 24.3 Å². The third kappa shape index (κ3) is 5.95. The van der Waals surface area contributed by atoms with Crippen molar-refractivity contribution in [1.29, 1.82) is 0 Å². The highest BCUT2D eigenvalue weighted by atomic mass is 16.5. The number of benzene rings is 2. The van der Waals surface area contributed by atoms with Crippen LogP contribution in [0.1, 0.15) is 31.9 Å². The van der Waals surface area contributed by atoms with Gasteiger partial charge in [-0.05, 0) is 40.8 Å². The highest BCUT2D eigenvalue weighted by Gasteiger charge is 2.13. The second kappa shape index (κ2) is 7.83. The van der Waals surface area contributed by atoms with Gasteiger partial charge in [-0.2, -0.15) is 0 Å². The molecule has 0 radical (unpaired) electrons. The second-order valence-corrected chi connectivity index (χ2v) is 6.88. The van der Waals surface area contributed by atoms with Crippen LogP contribution < -0.4 is 10.1 Å². The van der Waals surface area contributed by atoms with Gasteiger partial charge in [0.2, 0.25) is 0 Å². The van der Waals surface area contributed by atoms with E-state index in [0.29, 0.717) is 17.0 Å². The van der Waals surface area contributed by atoms with Crippen LogP contribution in [0.4, 0.5) is 5.69 Å². The van der Waals surface area contributed by atoms with Crippen LogP contribution in [0.25, 0.3) is 0 Å². The Bertz CT molecular complexity index is 745. The molecule has 0 atom stereocenters. The minimum atomic E-state index is -0.912. The van der Waals surface area contributed by atoms with Crippen molar-refractivity contribution in [2.24, 2.45) is 0 Å². The second-order valence-electron chi connectivity index (χ2n) is 6.88. The lowest BCUT2D eigenvalue weighted by atomic mass is 9.87. The van der Waals surface area contributed by atoms with Crippen molar-refractivity contribution in [3.05, 3.63) is 59.7 Å². The Balaban J connectivity index is 1.89. The quantitative estimate of drug-likeness (QED) is 0.841. The number of aliphatic carboxylic acids is 1. The molecule has 0 saturated heterocycles.